The van der Waals surface area contributed by atoms with Gasteiger partial charge in [0.1, 0.15) is 0 Å². The number of hydrogen-bond acceptors (Lipinski definition) is 1. The molecule has 2 amide bonds. The van der Waals surface area contributed by atoms with Gasteiger partial charge in [-0.2, -0.15) is 0 Å². The fourth-order valence-corrected chi connectivity index (χ4v) is 2.19. The first-order valence-electron chi connectivity index (χ1n) is 6.50. The zero-order valence-corrected chi connectivity index (χ0v) is 12.7. The molecule has 1 aromatic rings. The van der Waals surface area contributed by atoms with Crippen LogP contribution in [0.3, 0.4) is 0 Å². The molecular formula is C15H19BrN2O. The highest BCUT2D eigenvalue weighted by atomic mass is 79.9. The number of carbonyl (C=O) groups excluding carboxylic acids is 1. The SMILES string of the molecule is C=C(Br)CNC(=O)NC(c1ccc(C)cc1)C1CC1. The van der Waals surface area contributed by atoms with Gasteiger partial charge in [0, 0.05) is 4.48 Å². The van der Waals surface area contributed by atoms with Crippen molar-refractivity contribution >= 4 is 22.0 Å². The van der Waals surface area contributed by atoms with Crippen molar-refractivity contribution in [2.24, 2.45) is 5.92 Å². The third kappa shape index (κ3) is 4.39. The van der Waals surface area contributed by atoms with Crippen LogP contribution in [0.1, 0.15) is 30.0 Å². The molecule has 1 unspecified atom stereocenters. The molecule has 1 fully saturated rings. The second kappa shape index (κ2) is 6.24. The van der Waals surface area contributed by atoms with Crippen LogP contribution in [0, 0.1) is 12.8 Å². The highest BCUT2D eigenvalue weighted by Crippen LogP contribution is 2.40. The van der Waals surface area contributed by atoms with Crippen LogP contribution in [-0.4, -0.2) is 12.6 Å². The largest absolute Gasteiger partial charge is 0.334 e. The van der Waals surface area contributed by atoms with Crippen LogP contribution >= 0.6 is 15.9 Å². The lowest BCUT2D eigenvalue weighted by molar-refractivity contribution is 0.236. The predicted octanol–water partition coefficient (Wildman–Crippen LogP) is 3.65. The van der Waals surface area contributed by atoms with Crippen molar-refractivity contribution in [3.05, 3.63) is 46.5 Å². The minimum atomic E-state index is -0.141. The average molecular weight is 323 g/mol. The van der Waals surface area contributed by atoms with E-state index in [4.69, 9.17) is 0 Å². The van der Waals surface area contributed by atoms with Crippen LogP contribution in [-0.2, 0) is 0 Å². The Bertz CT molecular complexity index is 466. The van der Waals surface area contributed by atoms with Crippen molar-refractivity contribution in [1.82, 2.24) is 10.6 Å². The van der Waals surface area contributed by atoms with Gasteiger partial charge in [-0.1, -0.05) is 52.3 Å². The number of nitrogens with one attached hydrogen (secondary N) is 2. The summed E-state index contributed by atoms with van der Waals surface area (Å²) < 4.78 is 0.765. The molecule has 1 aromatic carbocycles. The molecule has 2 N–H and O–H groups in total. The quantitative estimate of drug-likeness (QED) is 0.853. The topological polar surface area (TPSA) is 41.1 Å². The van der Waals surface area contributed by atoms with Gasteiger partial charge in [0.2, 0.25) is 0 Å². The highest BCUT2D eigenvalue weighted by molar-refractivity contribution is 9.11. The second-order valence-corrected chi connectivity index (χ2v) is 6.19. The zero-order chi connectivity index (χ0) is 13.8. The molecule has 0 bridgehead atoms. The fourth-order valence-electron chi connectivity index (χ4n) is 2.05. The predicted molar refractivity (Wildman–Crippen MR) is 81.2 cm³/mol. The number of aryl methyl sites for hydroxylation is 1. The summed E-state index contributed by atoms with van der Waals surface area (Å²) in [5.41, 5.74) is 2.42. The number of hydrogen-bond donors (Lipinski definition) is 2. The van der Waals surface area contributed by atoms with Crippen molar-refractivity contribution in [2.45, 2.75) is 25.8 Å². The number of rotatable bonds is 5. The molecule has 4 heteroatoms. The molecular weight excluding hydrogens is 304 g/mol. The Hall–Kier alpha value is -1.29. The van der Waals surface area contributed by atoms with Crippen molar-refractivity contribution in [3.63, 3.8) is 0 Å². The average Bonchev–Trinajstić information content (AvgIpc) is 3.19. The summed E-state index contributed by atoms with van der Waals surface area (Å²) >= 11 is 3.23. The van der Waals surface area contributed by atoms with Crippen LogP contribution in [0.2, 0.25) is 0 Å². The van der Waals surface area contributed by atoms with E-state index in [9.17, 15) is 4.79 Å². The van der Waals surface area contributed by atoms with Gasteiger partial charge in [0.25, 0.3) is 0 Å². The molecule has 0 spiro atoms. The molecule has 1 saturated carbocycles. The molecule has 0 aromatic heterocycles. The molecule has 19 heavy (non-hydrogen) atoms. The molecule has 0 saturated heterocycles. The monoisotopic (exact) mass is 322 g/mol. The maximum Gasteiger partial charge on any atom is 0.315 e. The molecule has 1 atom stereocenters. The summed E-state index contributed by atoms with van der Waals surface area (Å²) in [4.78, 5) is 11.8. The summed E-state index contributed by atoms with van der Waals surface area (Å²) in [5, 5.41) is 5.84. The van der Waals surface area contributed by atoms with Gasteiger partial charge in [-0.05, 0) is 31.2 Å². The van der Waals surface area contributed by atoms with Gasteiger partial charge in [0.15, 0.2) is 0 Å². The molecule has 102 valence electrons. The summed E-state index contributed by atoms with van der Waals surface area (Å²) in [6, 6.07) is 8.35. The van der Waals surface area contributed by atoms with Gasteiger partial charge in [-0.15, -0.1) is 0 Å². The first-order chi connectivity index (χ1) is 9.06. The minimum Gasteiger partial charge on any atom is -0.334 e. The first kappa shape index (κ1) is 14.1. The minimum absolute atomic E-state index is 0.115. The van der Waals surface area contributed by atoms with E-state index >= 15 is 0 Å². The van der Waals surface area contributed by atoms with Crippen LogP contribution < -0.4 is 10.6 Å². The van der Waals surface area contributed by atoms with Gasteiger partial charge in [0.05, 0.1) is 12.6 Å². The summed E-state index contributed by atoms with van der Waals surface area (Å²) in [7, 11) is 0. The number of amides is 2. The summed E-state index contributed by atoms with van der Waals surface area (Å²) in [6.07, 6.45) is 2.37. The fraction of sp³-hybridized carbons (Fsp3) is 0.400. The normalized spacial score (nSPS) is 15.7. The standard InChI is InChI=1S/C15H19BrN2O/c1-10-3-5-12(6-4-10)14(13-7-8-13)18-15(19)17-9-11(2)16/h3-6,13-14H,2,7-9H2,1H3,(H2,17,18,19). The molecule has 1 aliphatic carbocycles. The van der Waals surface area contributed by atoms with Crippen LogP contribution in [0.25, 0.3) is 0 Å². The smallest absolute Gasteiger partial charge is 0.315 e. The second-order valence-electron chi connectivity index (χ2n) is 5.07. The van der Waals surface area contributed by atoms with Gasteiger partial charge >= 0.3 is 6.03 Å². The summed E-state index contributed by atoms with van der Waals surface area (Å²) in [5.74, 6) is 0.570. The lowest BCUT2D eigenvalue weighted by atomic mass is 10.0. The van der Waals surface area contributed by atoms with E-state index in [1.807, 2.05) is 0 Å². The lowest BCUT2D eigenvalue weighted by Gasteiger charge is -2.19. The third-order valence-corrected chi connectivity index (χ3v) is 3.54. The van der Waals surface area contributed by atoms with E-state index in [0.29, 0.717) is 12.5 Å². The molecule has 0 heterocycles. The Balaban J connectivity index is 1.98. The Labute approximate surface area is 122 Å². The van der Waals surface area contributed by atoms with Crippen LogP contribution in [0.15, 0.2) is 35.3 Å². The Kier molecular flexibility index (Phi) is 4.64. The van der Waals surface area contributed by atoms with E-state index < -0.39 is 0 Å². The summed E-state index contributed by atoms with van der Waals surface area (Å²) in [6.45, 7) is 6.20. The van der Waals surface area contributed by atoms with E-state index in [0.717, 1.165) is 4.48 Å². The van der Waals surface area contributed by atoms with Crippen molar-refractivity contribution in [3.8, 4) is 0 Å². The Morgan fingerprint density at radius 3 is 2.58 bits per heavy atom. The van der Waals surface area contributed by atoms with Crippen molar-refractivity contribution in [1.29, 1.82) is 0 Å². The van der Waals surface area contributed by atoms with Gasteiger partial charge in [-0.25, -0.2) is 4.79 Å². The Morgan fingerprint density at radius 2 is 2.05 bits per heavy atom. The Morgan fingerprint density at radius 1 is 1.42 bits per heavy atom. The van der Waals surface area contributed by atoms with E-state index in [1.54, 1.807) is 0 Å². The number of carbonyl (C=O) groups is 1. The molecule has 0 aliphatic heterocycles. The molecule has 0 radical (unpaired) electrons. The van der Waals surface area contributed by atoms with E-state index in [-0.39, 0.29) is 12.1 Å². The lowest BCUT2D eigenvalue weighted by Crippen LogP contribution is -2.39. The number of urea groups is 1. The van der Waals surface area contributed by atoms with E-state index in [1.165, 1.54) is 24.0 Å². The van der Waals surface area contributed by atoms with Gasteiger partial charge in [-0.3, -0.25) is 0 Å². The maximum absolute atomic E-state index is 11.8. The van der Waals surface area contributed by atoms with Crippen LogP contribution in [0.4, 0.5) is 4.79 Å². The number of benzene rings is 1. The molecule has 1 aliphatic rings. The van der Waals surface area contributed by atoms with Crippen molar-refractivity contribution < 1.29 is 4.79 Å². The third-order valence-electron chi connectivity index (χ3n) is 3.26. The van der Waals surface area contributed by atoms with Crippen molar-refractivity contribution in [2.75, 3.05) is 6.54 Å². The van der Waals surface area contributed by atoms with Gasteiger partial charge < -0.3 is 10.6 Å². The maximum atomic E-state index is 11.8. The highest BCUT2D eigenvalue weighted by Gasteiger charge is 2.33. The zero-order valence-electron chi connectivity index (χ0n) is 11.1. The van der Waals surface area contributed by atoms with Crippen LogP contribution in [0.5, 0.6) is 0 Å². The molecule has 2 rings (SSSR count). The van der Waals surface area contributed by atoms with E-state index in [2.05, 4.69) is 64.3 Å². The first-order valence-corrected chi connectivity index (χ1v) is 7.30. The molecule has 3 nitrogen and oxygen atoms in total. The number of halogens is 1.